The Kier molecular flexibility index (Phi) is 8.78. The number of rotatable bonds is 11. The lowest BCUT2D eigenvalue weighted by Gasteiger charge is -2.13. The molecule has 1 aromatic carbocycles. The predicted octanol–water partition coefficient (Wildman–Crippen LogP) is 2.45. The Morgan fingerprint density at radius 2 is 1.83 bits per heavy atom. The summed E-state index contributed by atoms with van der Waals surface area (Å²) >= 11 is 0. The number of nitrogens with one attached hydrogen (secondary N) is 2. The molecule has 0 aliphatic carbocycles. The van der Waals surface area contributed by atoms with E-state index in [2.05, 4.69) is 17.0 Å². The zero-order valence-electron chi connectivity index (χ0n) is 14.7. The summed E-state index contributed by atoms with van der Waals surface area (Å²) in [6, 6.07) is 6.17. The van der Waals surface area contributed by atoms with Gasteiger partial charge in [-0.05, 0) is 44.0 Å². The van der Waals surface area contributed by atoms with E-state index in [4.69, 9.17) is 4.74 Å². The summed E-state index contributed by atoms with van der Waals surface area (Å²) in [5, 5.41) is 2.85. The molecular weight excluding hydrogens is 328 g/mol. The summed E-state index contributed by atoms with van der Waals surface area (Å²) in [6.07, 6.45) is 3.65. The van der Waals surface area contributed by atoms with Crippen LogP contribution in [0.1, 0.15) is 46.5 Å². The minimum absolute atomic E-state index is 0.0884. The van der Waals surface area contributed by atoms with Crippen LogP contribution in [-0.2, 0) is 14.8 Å². The first-order chi connectivity index (χ1) is 11.4. The molecule has 136 valence electrons. The van der Waals surface area contributed by atoms with Crippen LogP contribution in [0.2, 0.25) is 0 Å². The van der Waals surface area contributed by atoms with E-state index in [-0.39, 0.29) is 23.5 Å². The molecule has 1 rings (SSSR count). The van der Waals surface area contributed by atoms with E-state index in [0.29, 0.717) is 12.3 Å². The van der Waals surface area contributed by atoms with Crippen LogP contribution in [0.4, 0.5) is 0 Å². The van der Waals surface area contributed by atoms with Gasteiger partial charge in [0.05, 0.1) is 4.90 Å². The summed E-state index contributed by atoms with van der Waals surface area (Å²) < 4.78 is 32.0. The van der Waals surface area contributed by atoms with Gasteiger partial charge in [-0.25, -0.2) is 13.1 Å². The maximum atomic E-state index is 12.1. The van der Waals surface area contributed by atoms with Crippen molar-refractivity contribution in [1.82, 2.24) is 10.0 Å². The van der Waals surface area contributed by atoms with E-state index < -0.39 is 10.0 Å². The van der Waals surface area contributed by atoms with Gasteiger partial charge >= 0.3 is 0 Å². The molecular formula is C17H28N2O4S. The first kappa shape index (κ1) is 20.4. The average molecular weight is 356 g/mol. The third-order valence-corrected chi connectivity index (χ3v) is 4.93. The second-order valence-electron chi connectivity index (χ2n) is 5.77. The van der Waals surface area contributed by atoms with Crippen LogP contribution < -0.4 is 14.8 Å². The van der Waals surface area contributed by atoms with Crippen molar-refractivity contribution in [3.05, 3.63) is 24.3 Å². The third-order valence-electron chi connectivity index (χ3n) is 3.46. The summed E-state index contributed by atoms with van der Waals surface area (Å²) in [6.45, 7) is 6.35. The van der Waals surface area contributed by atoms with Gasteiger partial charge in [0.15, 0.2) is 6.61 Å². The van der Waals surface area contributed by atoms with Crippen LogP contribution in [0.3, 0.4) is 0 Å². The van der Waals surface area contributed by atoms with Crippen molar-refractivity contribution in [2.45, 2.75) is 57.4 Å². The quantitative estimate of drug-likeness (QED) is 0.597. The van der Waals surface area contributed by atoms with Gasteiger partial charge in [-0.1, -0.05) is 26.7 Å². The summed E-state index contributed by atoms with van der Waals surface area (Å²) in [4.78, 5) is 11.9. The van der Waals surface area contributed by atoms with Crippen molar-refractivity contribution in [1.29, 1.82) is 0 Å². The van der Waals surface area contributed by atoms with Crippen LogP contribution in [-0.4, -0.2) is 33.5 Å². The molecule has 6 nitrogen and oxygen atoms in total. The van der Waals surface area contributed by atoms with Crippen molar-refractivity contribution in [3.63, 3.8) is 0 Å². The highest BCUT2D eigenvalue weighted by Crippen LogP contribution is 2.15. The van der Waals surface area contributed by atoms with Crippen LogP contribution in [0, 0.1) is 0 Å². The summed E-state index contributed by atoms with van der Waals surface area (Å²) in [5.74, 6) is 0.273. The lowest BCUT2D eigenvalue weighted by molar-refractivity contribution is -0.123. The lowest BCUT2D eigenvalue weighted by Crippen LogP contribution is -2.35. The monoisotopic (exact) mass is 356 g/mol. The van der Waals surface area contributed by atoms with Crippen LogP contribution in [0.15, 0.2) is 29.2 Å². The van der Waals surface area contributed by atoms with E-state index in [1.807, 2.05) is 13.8 Å². The van der Waals surface area contributed by atoms with Crippen LogP contribution >= 0.6 is 0 Å². The van der Waals surface area contributed by atoms with Crippen molar-refractivity contribution < 1.29 is 17.9 Å². The third kappa shape index (κ3) is 7.31. The molecule has 1 amide bonds. The van der Waals surface area contributed by atoms with E-state index in [1.165, 1.54) is 12.1 Å². The minimum atomic E-state index is -3.49. The normalized spacial score (nSPS) is 12.6. The minimum Gasteiger partial charge on any atom is -0.484 e. The lowest BCUT2D eigenvalue weighted by atomic mass is 10.2. The van der Waals surface area contributed by atoms with Crippen LogP contribution in [0.5, 0.6) is 5.75 Å². The molecule has 2 N–H and O–H groups in total. The summed E-state index contributed by atoms with van der Waals surface area (Å²) in [5.41, 5.74) is 0. The molecule has 0 aromatic heterocycles. The molecule has 0 fully saturated rings. The molecule has 0 radical (unpaired) electrons. The molecule has 0 saturated heterocycles. The van der Waals surface area contributed by atoms with Gasteiger partial charge in [-0.15, -0.1) is 0 Å². The number of hydrogen-bond acceptors (Lipinski definition) is 4. The highest BCUT2D eigenvalue weighted by atomic mass is 32.2. The van der Waals surface area contributed by atoms with E-state index >= 15 is 0 Å². The van der Waals surface area contributed by atoms with Crippen molar-refractivity contribution >= 4 is 15.9 Å². The SMILES string of the molecule is CCCCNS(=O)(=O)c1ccc(OCC(=O)N[C@@H](C)CCC)cc1. The molecule has 0 aliphatic rings. The predicted molar refractivity (Wildman–Crippen MR) is 94.5 cm³/mol. The number of hydrogen-bond donors (Lipinski definition) is 2. The maximum absolute atomic E-state index is 12.1. The number of benzene rings is 1. The first-order valence-electron chi connectivity index (χ1n) is 8.41. The van der Waals surface area contributed by atoms with Gasteiger partial charge in [0, 0.05) is 12.6 Å². The first-order valence-corrected chi connectivity index (χ1v) is 9.89. The zero-order valence-corrected chi connectivity index (χ0v) is 15.5. The second-order valence-corrected chi connectivity index (χ2v) is 7.54. The smallest absolute Gasteiger partial charge is 0.258 e. The number of carbonyl (C=O) groups excluding carboxylic acids is 1. The van der Waals surface area contributed by atoms with Crippen molar-refractivity contribution in [3.8, 4) is 5.75 Å². The average Bonchev–Trinajstić information content (AvgIpc) is 2.53. The van der Waals surface area contributed by atoms with Gasteiger partial charge < -0.3 is 10.1 Å². The Labute approximate surface area is 145 Å². The molecule has 0 aliphatic heterocycles. The Bertz CT molecular complexity index is 600. The fourth-order valence-corrected chi connectivity index (χ4v) is 3.23. The second kappa shape index (κ2) is 10.3. The molecule has 0 bridgehead atoms. The number of sulfonamides is 1. The Balaban J connectivity index is 2.51. The molecule has 0 heterocycles. The Morgan fingerprint density at radius 3 is 2.42 bits per heavy atom. The fourth-order valence-electron chi connectivity index (χ4n) is 2.15. The van der Waals surface area contributed by atoms with Gasteiger partial charge in [0.2, 0.25) is 10.0 Å². The van der Waals surface area contributed by atoms with E-state index in [9.17, 15) is 13.2 Å². The number of carbonyl (C=O) groups is 1. The Morgan fingerprint density at radius 1 is 1.17 bits per heavy atom. The standard InChI is InChI=1S/C17H28N2O4S/c1-4-6-12-18-24(21,22)16-10-8-15(9-11-16)23-13-17(20)19-14(3)7-5-2/h8-11,14,18H,4-7,12-13H2,1-3H3,(H,19,20)/t14-/m0/s1. The number of amides is 1. The maximum Gasteiger partial charge on any atom is 0.258 e. The molecule has 0 spiro atoms. The molecule has 0 saturated carbocycles. The van der Waals surface area contributed by atoms with E-state index in [0.717, 1.165) is 25.7 Å². The highest BCUT2D eigenvalue weighted by molar-refractivity contribution is 7.89. The molecule has 7 heteroatoms. The molecule has 0 unspecified atom stereocenters. The van der Waals surface area contributed by atoms with Gasteiger partial charge in [0.25, 0.3) is 5.91 Å². The van der Waals surface area contributed by atoms with Crippen LogP contribution in [0.25, 0.3) is 0 Å². The summed E-state index contributed by atoms with van der Waals surface area (Å²) in [7, 11) is -3.49. The topological polar surface area (TPSA) is 84.5 Å². The van der Waals surface area contributed by atoms with Crippen molar-refractivity contribution in [2.75, 3.05) is 13.2 Å². The van der Waals surface area contributed by atoms with Gasteiger partial charge in [-0.3, -0.25) is 4.79 Å². The Hall–Kier alpha value is -1.60. The fraction of sp³-hybridized carbons (Fsp3) is 0.588. The highest BCUT2D eigenvalue weighted by Gasteiger charge is 2.13. The van der Waals surface area contributed by atoms with Crippen molar-refractivity contribution in [2.24, 2.45) is 0 Å². The van der Waals surface area contributed by atoms with E-state index in [1.54, 1.807) is 12.1 Å². The largest absolute Gasteiger partial charge is 0.484 e. The van der Waals surface area contributed by atoms with Gasteiger partial charge in [0.1, 0.15) is 5.75 Å². The zero-order chi connectivity index (χ0) is 18.0. The number of ether oxygens (including phenoxy) is 1. The molecule has 1 aromatic rings. The molecule has 1 atom stereocenters. The number of unbranched alkanes of at least 4 members (excludes halogenated alkanes) is 1. The van der Waals surface area contributed by atoms with Gasteiger partial charge in [-0.2, -0.15) is 0 Å². The molecule has 24 heavy (non-hydrogen) atoms.